The molecule has 0 aromatic rings. The van der Waals surface area contributed by atoms with E-state index in [4.69, 9.17) is 0 Å². The molecule has 88 valence electrons. The maximum atomic E-state index is 9.78. The van der Waals surface area contributed by atoms with Crippen molar-refractivity contribution in [2.45, 2.75) is 76.5 Å². The molecule has 15 heavy (non-hydrogen) atoms. The van der Waals surface area contributed by atoms with E-state index in [-0.39, 0.29) is 6.10 Å². The van der Waals surface area contributed by atoms with Gasteiger partial charge >= 0.3 is 0 Å². The van der Waals surface area contributed by atoms with Gasteiger partial charge in [-0.05, 0) is 38.0 Å². The zero-order valence-electron chi connectivity index (χ0n) is 9.91. The minimum Gasteiger partial charge on any atom is -0.392 e. The van der Waals surface area contributed by atoms with Crippen LogP contribution in [0.15, 0.2) is 0 Å². The molecule has 0 saturated heterocycles. The Hall–Kier alpha value is -0.0800. The third-order valence-electron chi connectivity index (χ3n) is 4.29. The molecule has 2 saturated carbocycles. The Morgan fingerprint density at radius 1 is 1.13 bits per heavy atom. The molecule has 4 atom stereocenters. The van der Waals surface area contributed by atoms with Crippen LogP contribution in [-0.4, -0.2) is 23.3 Å². The fraction of sp³-hybridized carbons (Fsp3) is 1.00. The third kappa shape index (κ3) is 2.94. The summed E-state index contributed by atoms with van der Waals surface area (Å²) in [6, 6.07) is 1.08. The SMILES string of the molecule is CCC1CCCC(N[C@@H]2CCC[C@H]2O)C1. The molecule has 0 aliphatic heterocycles. The minimum absolute atomic E-state index is 0.0768. The molecular weight excluding hydrogens is 186 g/mol. The summed E-state index contributed by atoms with van der Waals surface area (Å²) < 4.78 is 0. The molecule has 0 bridgehead atoms. The molecule has 2 fully saturated rings. The van der Waals surface area contributed by atoms with Crippen LogP contribution in [0.2, 0.25) is 0 Å². The average molecular weight is 211 g/mol. The lowest BCUT2D eigenvalue weighted by Crippen LogP contribution is -2.44. The second-order valence-corrected chi connectivity index (χ2v) is 5.41. The van der Waals surface area contributed by atoms with E-state index in [0.29, 0.717) is 12.1 Å². The van der Waals surface area contributed by atoms with E-state index < -0.39 is 0 Å². The van der Waals surface area contributed by atoms with Crippen molar-refractivity contribution in [1.82, 2.24) is 5.32 Å². The number of nitrogens with one attached hydrogen (secondary N) is 1. The highest BCUT2D eigenvalue weighted by molar-refractivity contribution is 4.87. The topological polar surface area (TPSA) is 32.3 Å². The second kappa shape index (κ2) is 5.31. The van der Waals surface area contributed by atoms with Crippen molar-refractivity contribution in [2.75, 3.05) is 0 Å². The highest BCUT2D eigenvalue weighted by Gasteiger charge is 2.29. The van der Waals surface area contributed by atoms with Gasteiger partial charge in [0.15, 0.2) is 0 Å². The molecule has 2 aliphatic carbocycles. The van der Waals surface area contributed by atoms with Crippen molar-refractivity contribution in [1.29, 1.82) is 0 Å². The first-order valence-corrected chi connectivity index (χ1v) is 6.73. The Bertz CT molecular complexity index is 195. The zero-order valence-corrected chi connectivity index (χ0v) is 9.91. The average Bonchev–Trinajstić information content (AvgIpc) is 2.65. The fourth-order valence-corrected chi connectivity index (χ4v) is 3.25. The minimum atomic E-state index is -0.0768. The smallest absolute Gasteiger partial charge is 0.0693 e. The number of aliphatic hydroxyl groups excluding tert-OH is 1. The highest BCUT2D eigenvalue weighted by Crippen LogP contribution is 2.28. The van der Waals surface area contributed by atoms with Gasteiger partial charge < -0.3 is 10.4 Å². The third-order valence-corrected chi connectivity index (χ3v) is 4.29. The number of rotatable bonds is 3. The molecule has 0 aromatic heterocycles. The Balaban J connectivity index is 1.78. The normalized spacial score (nSPS) is 42.0. The molecule has 0 amide bonds. The first-order chi connectivity index (χ1) is 7.29. The number of aliphatic hydroxyl groups is 1. The van der Waals surface area contributed by atoms with E-state index in [9.17, 15) is 5.11 Å². The van der Waals surface area contributed by atoms with Crippen molar-refractivity contribution in [3.8, 4) is 0 Å². The van der Waals surface area contributed by atoms with Crippen molar-refractivity contribution in [3.05, 3.63) is 0 Å². The van der Waals surface area contributed by atoms with Crippen molar-refractivity contribution < 1.29 is 5.11 Å². The summed E-state index contributed by atoms with van der Waals surface area (Å²) in [5.74, 6) is 0.926. The monoisotopic (exact) mass is 211 g/mol. The van der Waals surface area contributed by atoms with Crippen LogP contribution in [0.4, 0.5) is 0 Å². The van der Waals surface area contributed by atoms with Gasteiger partial charge in [-0.2, -0.15) is 0 Å². The predicted molar refractivity (Wildman–Crippen MR) is 62.8 cm³/mol. The molecular formula is C13H25NO. The zero-order chi connectivity index (χ0) is 10.7. The van der Waals surface area contributed by atoms with Gasteiger partial charge in [0.25, 0.3) is 0 Å². The molecule has 2 unspecified atom stereocenters. The molecule has 2 aliphatic rings. The van der Waals surface area contributed by atoms with Gasteiger partial charge in [0.05, 0.1) is 6.10 Å². The van der Waals surface area contributed by atoms with Crippen molar-refractivity contribution >= 4 is 0 Å². The summed E-state index contributed by atoms with van der Waals surface area (Å²) >= 11 is 0. The lowest BCUT2D eigenvalue weighted by Gasteiger charge is -2.32. The van der Waals surface area contributed by atoms with Gasteiger partial charge in [-0.3, -0.25) is 0 Å². The van der Waals surface area contributed by atoms with Crippen LogP contribution in [0.5, 0.6) is 0 Å². The van der Waals surface area contributed by atoms with E-state index >= 15 is 0 Å². The lowest BCUT2D eigenvalue weighted by atomic mass is 9.84. The van der Waals surface area contributed by atoms with Crippen LogP contribution >= 0.6 is 0 Å². The van der Waals surface area contributed by atoms with E-state index in [2.05, 4.69) is 12.2 Å². The van der Waals surface area contributed by atoms with Crippen LogP contribution in [0, 0.1) is 5.92 Å². The molecule has 0 spiro atoms. The lowest BCUT2D eigenvalue weighted by molar-refractivity contribution is 0.133. The van der Waals surface area contributed by atoms with E-state index in [1.165, 1.54) is 44.9 Å². The molecule has 2 heteroatoms. The van der Waals surface area contributed by atoms with Crippen LogP contribution < -0.4 is 5.32 Å². The van der Waals surface area contributed by atoms with E-state index in [0.717, 1.165) is 12.3 Å². The summed E-state index contributed by atoms with van der Waals surface area (Å²) in [5.41, 5.74) is 0. The molecule has 0 radical (unpaired) electrons. The summed E-state index contributed by atoms with van der Waals surface area (Å²) in [6.07, 6.45) is 10.1. The Morgan fingerprint density at radius 3 is 2.60 bits per heavy atom. The standard InChI is InChI=1S/C13H25NO/c1-2-10-5-3-6-11(9-10)14-12-7-4-8-13(12)15/h10-15H,2-9H2,1H3/t10?,11?,12-,13-/m1/s1. The fourth-order valence-electron chi connectivity index (χ4n) is 3.25. The Kier molecular flexibility index (Phi) is 4.04. The number of hydrogen-bond donors (Lipinski definition) is 2. The highest BCUT2D eigenvalue weighted by atomic mass is 16.3. The van der Waals surface area contributed by atoms with Gasteiger partial charge in [-0.1, -0.05) is 26.2 Å². The number of hydrogen-bond acceptors (Lipinski definition) is 2. The van der Waals surface area contributed by atoms with Crippen molar-refractivity contribution in [3.63, 3.8) is 0 Å². The van der Waals surface area contributed by atoms with Gasteiger partial charge in [0.1, 0.15) is 0 Å². The summed E-state index contributed by atoms with van der Waals surface area (Å²) in [7, 11) is 0. The predicted octanol–water partition coefficient (Wildman–Crippen LogP) is 2.46. The van der Waals surface area contributed by atoms with Crippen molar-refractivity contribution in [2.24, 2.45) is 5.92 Å². The molecule has 2 N–H and O–H groups in total. The van der Waals surface area contributed by atoms with E-state index in [1.807, 2.05) is 0 Å². The van der Waals surface area contributed by atoms with Gasteiger partial charge in [0.2, 0.25) is 0 Å². The maximum Gasteiger partial charge on any atom is 0.0693 e. The molecule has 2 nitrogen and oxygen atoms in total. The van der Waals surface area contributed by atoms with Gasteiger partial charge in [-0.25, -0.2) is 0 Å². The van der Waals surface area contributed by atoms with Gasteiger partial charge in [-0.15, -0.1) is 0 Å². The first-order valence-electron chi connectivity index (χ1n) is 6.73. The van der Waals surface area contributed by atoms with Crippen LogP contribution in [-0.2, 0) is 0 Å². The molecule has 0 heterocycles. The Labute approximate surface area is 93.5 Å². The van der Waals surface area contributed by atoms with E-state index in [1.54, 1.807) is 0 Å². The molecule has 2 rings (SSSR count). The summed E-state index contributed by atoms with van der Waals surface area (Å²) in [6.45, 7) is 2.30. The Morgan fingerprint density at radius 2 is 1.93 bits per heavy atom. The maximum absolute atomic E-state index is 9.78. The van der Waals surface area contributed by atoms with Crippen LogP contribution in [0.1, 0.15) is 58.3 Å². The van der Waals surface area contributed by atoms with Crippen LogP contribution in [0.25, 0.3) is 0 Å². The summed E-state index contributed by atoms with van der Waals surface area (Å²) in [4.78, 5) is 0. The quantitative estimate of drug-likeness (QED) is 0.751. The second-order valence-electron chi connectivity index (χ2n) is 5.41. The molecule has 0 aromatic carbocycles. The summed E-state index contributed by atoms with van der Waals surface area (Å²) in [5, 5.41) is 13.5. The first kappa shape index (κ1) is 11.4. The largest absolute Gasteiger partial charge is 0.392 e. The van der Waals surface area contributed by atoms with Gasteiger partial charge in [0, 0.05) is 12.1 Å². The van der Waals surface area contributed by atoms with Crippen LogP contribution in [0.3, 0.4) is 0 Å².